The lowest BCUT2D eigenvalue weighted by atomic mass is 10.1. The molecule has 0 saturated carbocycles. The number of rotatable bonds is 3. The molecule has 0 bridgehead atoms. The van der Waals surface area contributed by atoms with Crippen molar-refractivity contribution in [1.29, 1.82) is 0 Å². The van der Waals surface area contributed by atoms with Crippen molar-refractivity contribution in [1.82, 2.24) is 4.90 Å². The fraction of sp³-hybridized carbons (Fsp3) is 0.389. The molecule has 1 aromatic carbocycles. The minimum absolute atomic E-state index is 0.0465. The maximum Gasteiger partial charge on any atom is 0.322 e. The van der Waals surface area contributed by atoms with Crippen molar-refractivity contribution in [3.8, 4) is 5.75 Å². The Kier molecular flexibility index (Phi) is 5.18. The number of ether oxygens (including phenoxy) is 1. The number of carbonyl (C=O) groups is 1. The second kappa shape index (κ2) is 7.51. The molecule has 4 nitrogen and oxygen atoms in total. The third kappa shape index (κ3) is 3.67. The SMILES string of the molecule is COc1ccccc1NC(=O)N1CCCCC[C@H]1c1cccs1. The zero-order valence-electron chi connectivity index (χ0n) is 13.3. The van der Waals surface area contributed by atoms with E-state index in [0.717, 1.165) is 19.4 Å². The van der Waals surface area contributed by atoms with E-state index in [2.05, 4.69) is 22.8 Å². The number of nitrogens with zero attached hydrogens (tertiary/aromatic N) is 1. The van der Waals surface area contributed by atoms with Gasteiger partial charge in [-0.15, -0.1) is 11.3 Å². The van der Waals surface area contributed by atoms with Gasteiger partial charge in [-0.05, 0) is 36.4 Å². The van der Waals surface area contributed by atoms with Gasteiger partial charge in [-0.3, -0.25) is 0 Å². The first kappa shape index (κ1) is 15.9. The molecule has 1 fully saturated rings. The summed E-state index contributed by atoms with van der Waals surface area (Å²) in [6.07, 6.45) is 4.43. The number of hydrogen-bond acceptors (Lipinski definition) is 3. The molecule has 2 aromatic rings. The average Bonchev–Trinajstić information content (AvgIpc) is 2.99. The van der Waals surface area contributed by atoms with Gasteiger partial charge in [0.2, 0.25) is 0 Å². The van der Waals surface area contributed by atoms with Crippen LogP contribution < -0.4 is 10.1 Å². The van der Waals surface area contributed by atoms with Gasteiger partial charge >= 0.3 is 6.03 Å². The fourth-order valence-electron chi connectivity index (χ4n) is 3.06. The number of thiophene rings is 1. The smallest absolute Gasteiger partial charge is 0.322 e. The Bertz CT molecular complexity index is 642. The summed E-state index contributed by atoms with van der Waals surface area (Å²) in [5.74, 6) is 0.684. The third-order valence-corrected chi connectivity index (χ3v) is 5.21. The van der Waals surface area contributed by atoms with Crippen molar-refractivity contribution in [3.63, 3.8) is 0 Å². The molecule has 122 valence electrons. The summed E-state index contributed by atoms with van der Waals surface area (Å²) in [6.45, 7) is 0.795. The predicted octanol–water partition coefficient (Wildman–Crippen LogP) is 4.91. The summed E-state index contributed by atoms with van der Waals surface area (Å²) in [5.41, 5.74) is 0.717. The van der Waals surface area contributed by atoms with Gasteiger partial charge in [0.1, 0.15) is 5.75 Å². The van der Waals surface area contributed by atoms with E-state index in [0.29, 0.717) is 11.4 Å². The average molecular weight is 330 g/mol. The van der Waals surface area contributed by atoms with Gasteiger partial charge in [0.05, 0.1) is 18.8 Å². The summed E-state index contributed by atoms with van der Waals surface area (Å²) in [5, 5.41) is 5.10. The molecule has 0 radical (unpaired) electrons. The van der Waals surface area contributed by atoms with E-state index in [1.54, 1.807) is 18.4 Å². The third-order valence-electron chi connectivity index (χ3n) is 4.23. The standard InChI is InChI=1S/C18H22N2O2S/c1-22-16-10-5-4-8-14(16)19-18(21)20-12-6-2-3-9-15(20)17-11-7-13-23-17/h4-5,7-8,10-11,13,15H,2-3,6,9,12H2,1H3,(H,19,21)/t15-/m0/s1. The monoisotopic (exact) mass is 330 g/mol. The van der Waals surface area contributed by atoms with Crippen molar-refractivity contribution in [2.45, 2.75) is 31.7 Å². The lowest BCUT2D eigenvalue weighted by Gasteiger charge is -2.29. The molecule has 0 spiro atoms. The minimum atomic E-state index is -0.0465. The van der Waals surface area contributed by atoms with Crippen LogP contribution >= 0.6 is 11.3 Å². The molecule has 1 N–H and O–H groups in total. The topological polar surface area (TPSA) is 41.6 Å². The van der Waals surface area contributed by atoms with Crippen LogP contribution in [0.1, 0.15) is 36.6 Å². The van der Waals surface area contributed by atoms with E-state index in [1.165, 1.54) is 17.7 Å². The lowest BCUT2D eigenvalue weighted by Crippen LogP contribution is -2.37. The maximum absolute atomic E-state index is 12.9. The summed E-state index contributed by atoms with van der Waals surface area (Å²) in [6, 6.07) is 11.8. The van der Waals surface area contributed by atoms with Crippen molar-refractivity contribution in [3.05, 3.63) is 46.7 Å². The van der Waals surface area contributed by atoms with E-state index in [9.17, 15) is 4.79 Å². The van der Waals surface area contributed by atoms with Crippen LogP contribution in [0.3, 0.4) is 0 Å². The molecule has 3 rings (SSSR count). The number of likely N-dealkylation sites (tertiary alicyclic amines) is 1. The van der Waals surface area contributed by atoms with Crippen molar-refractivity contribution in [2.24, 2.45) is 0 Å². The maximum atomic E-state index is 12.9. The summed E-state index contributed by atoms with van der Waals surface area (Å²) in [7, 11) is 1.62. The number of para-hydroxylation sites is 2. The van der Waals surface area contributed by atoms with Crippen LogP contribution in [0.2, 0.25) is 0 Å². The number of carbonyl (C=O) groups excluding carboxylic acids is 1. The number of amides is 2. The first-order chi connectivity index (χ1) is 11.3. The molecule has 1 atom stereocenters. The highest BCUT2D eigenvalue weighted by Gasteiger charge is 2.27. The highest BCUT2D eigenvalue weighted by atomic mass is 32.1. The summed E-state index contributed by atoms with van der Waals surface area (Å²) >= 11 is 1.73. The van der Waals surface area contributed by atoms with E-state index in [-0.39, 0.29) is 12.1 Å². The zero-order chi connectivity index (χ0) is 16.1. The summed E-state index contributed by atoms with van der Waals surface area (Å²) in [4.78, 5) is 16.1. The second-order valence-corrected chi connectivity index (χ2v) is 6.68. The van der Waals surface area contributed by atoms with Crippen LogP contribution in [0.4, 0.5) is 10.5 Å². The number of hydrogen-bond donors (Lipinski definition) is 1. The first-order valence-electron chi connectivity index (χ1n) is 8.03. The van der Waals surface area contributed by atoms with Gasteiger partial charge < -0.3 is 15.0 Å². The van der Waals surface area contributed by atoms with Gasteiger partial charge in [-0.25, -0.2) is 4.79 Å². The molecular formula is C18H22N2O2S. The van der Waals surface area contributed by atoms with Crippen LogP contribution in [0.25, 0.3) is 0 Å². The molecule has 1 aliphatic rings. The second-order valence-electron chi connectivity index (χ2n) is 5.70. The van der Waals surface area contributed by atoms with Gasteiger partial charge in [-0.1, -0.05) is 31.0 Å². The largest absolute Gasteiger partial charge is 0.495 e. The van der Waals surface area contributed by atoms with Crippen LogP contribution in [-0.2, 0) is 0 Å². The summed E-state index contributed by atoms with van der Waals surface area (Å²) < 4.78 is 5.33. The highest BCUT2D eigenvalue weighted by Crippen LogP contribution is 2.33. The van der Waals surface area contributed by atoms with E-state index < -0.39 is 0 Å². The molecular weight excluding hydrogens is 308 g/mol. The molecule has 0 unspecified atom stereocenters. The fourth-order valence-corrected chi connectivity index (χ4v) is 3.94. The van der Waals surface area contributed by atoms with E-state index >= 15 is 0 Å². The lowest BCUT2D eigenvalue weighted by molar-refractivity contribution is 0.190. The molecule has 2 heterocycles. The Morgan fingerprint density at radius 1 is 1.22 bits per heavy atom. The normalized spacial score (nSPS) is 18.3. The van der Waals surface area contributed by atoms with Gasteiger partial charge in [0.15, 0.2) is 0 Å². The Morgan fingerprint density at radius 3 is 2.87 bits per heavy atom. The Balaban J connectivity index is 1.80. The number of methoxy groups -OCH3 is 1. The van der Waals surface area contributed by atoms with Gasteiger partial charge in [-0.2, -0.15) is 0 Å². The van der Waals surface area contributed by atoms with Gasteiger partial charge in [0, 0.05) is 11.4 Å². The van der Waals surface area contributed by atoms with Crippen LogP contribution in [0.15, 0.2) is 41.8 Å². The van der Waals surface area contributed by atoms with Crippen molar-refractivity contribution >= 4 is 23.1 Å². The van der Waals surface area contributed by atoms with Crippen LogP contribution in [-0.4, -0.2) is 24.6 Å². The van der Waals surface area contributed by atoms with E-state index in [4.69, 9.17) is 4.74 Å². The minimum Gasteiger partial charge on any atom is -0.495 e. The Morgan fingerprint density at radius 2 is 2.09 bits per heavy atom. The van der Waals surface area contributed by atoms with Gasteiger partial charge in [0.25, 0.3) is 0 Å². The van der Waals surface area contributed by atoms with Crippen LogP contribution in [0, 0.1) is 0 Å². The molecule has 1 aromatic heterocycles. The van der Waals surface area contributed by atoms with Crippen molar-refractivity contribution < 1.29 is 9.53 Å². The highest BCUT2D eigenvalue weighted by molar-refractivity contribution is 7.10. The number of benzene rings is 1. The van der Waals surface area contributed by atoms with Crippen molar-refractivity contribution in [2.75, 3.05) is 19.0 Å². The van der Waals surface area contributed by atoms with Crippen LogP contribution in [0.5, 0.6) is 5.75 Å². The zero-order valence-corrected chi connectivity index (χ0v) is 14.1. The van der Waals surface area contributed by atoms with E-state index in [1.807, 2.05) is 29.2 Å². The number of anilines is 1. The first-order valence-corrected chi connectivity index (χ1v) is 8.91. The number of urea groups is 1. The molecule has 0 aliphatic carbocycles. The molecule has 2 amide bonds. The predicted molar refractivity (Wildman–Crippen MR) is 94.2 cm³/mol. The quantitative estimate of drug-likeness (QED) is 0.869. The molecule has 5 heteroatoms. The molecule has 1 aliphatic heterocycles. The Hall–Kier alpha value is -2.01. The number of nitrogens with one attached hydrogen (secondary N) is 1. The molecule has 1 saturated heterocycles. The Labute approximate surface area is 141 Å². The molecule has 23 heavy (non-hydrogen) atoms.